The van der Waals surface area contributed by atoms with Gasteiger partial charge in [-0.1, -0.05) is 23.5 Å². The van der Waals surface area contributed by atoms with Crippen LogP contribution in [0.4, 0.5) is 5.69 Å². The fraction of sp³-hybridized carbons (Fsp3) is 0.320. The lowest BCUT2D eigenvalue weighted by atomic mass is 10.2. The molecular weight excluding hydrogens is 488 g/mol. The van der Waals surface area contributed by atoms with E-state index in [4.69, 9.17) is 4.74 Å². The van der Waals surface area contributed by atoms with E-state index in [1.165, 1.54) is 5.69 Å². The summed E-state index contributed by atoms with van der Waals surface area (Å²) in [5, 5.41) is 4.06. The molecule has 9 heteroatoms. The van der Waals surface area contributed by atoms with Crippen molar-refractivity contribution in [3.63, 3.8) is 0 Å². The molecule has 2 aromatic carbocycles. The van der Waals surface area contributed by atoms with E-state index in [0.29, 0.717) is 6.54 Å². The maximum absolute atomic E-state index is 11.2. The summed E-state index contributed by atoms with van der Waals surface area (Å²) >= 11 is 3.26. The van der Waals surface area contributed by atoms with Crippen molar-refractivity contribution in [1.29, 1.82) is 0 Å². The van der Waals surface area contributed by atoms with E-state index < -0.39 is 10.1 Å². The van der Waals surface area contributed by atoms with Gasteiger partial charge < -0.3 is 14.2 Å². The molecule has 0 saturated heterocycles. The van der Waals surface area contributed by atoms with Crippen LogP contribution in [0.25, 0.3) is 32.5 Å². The Balaban J connectivity index is 1.74. The molecule has 0 saturated carbocycles. The lowest BCUT2D eigenvalue weighted by molar-refractivity contribution is -0.667. The van der Waals surface area contributed by atoms with Crippen molar-refractivity contribution in [3.05, 3.63) is 52.3 Å². The smallest absolute Gasteiger partial charge is 0.262 e. The second kappa shape index (κ2) is 10.4. The minimum absolute atomic E-state index is 0.265. The predicted octanol–water partition coefficient (Wildman–Crippen LogP) is 5.36. The summed E-state index contributed by atoms with van der Waals surface area (Å²) in [7, 11) is -2.59. The molecule has 6 nitrogen and oxygen atoms in total. The predicted molar refractivity (Wildman–Crippen MR) is 142 cm³/mol. The molecule has 0 aliphatic rings. The first-order valence-electron chi connectivity index (χ1n) is 11.2. The highest BCUT2D eigenvalue weighted by molar-refractivity contribution is 7.85. The average Bonchev–Trinajstić information content (AvgIpc) is 3.42. The molecule has 0 N–H and O–H groups in total. The van der Waals surface area contributed by atoms with Crippen molar-refractivity contribution < 1.29 is 22.3 Å². The maximum Gasteiger partial charge on any atom is 0.262 e. The highest BCUT2D eigenvalue weighted by atomic mass is 32.2. The molecule has 0 aliphatic heterocycles. The average molecular weight is 517 g/mol. The van der Waals surface area contributed by atoms with Crippen molar-refractivity contribution in [3.8, 4) is 5.75 Å². The maximum atomic E-state index is 11.2. The van der Waals surface area contributed by atoms with Gasteiger partial charge in [0.05, 0.1) is 17.2 Å². The van der Waals surface area contributed by atoms with Gasteiger partial charge in [0.25, 0.3) is 5.01 Å². The molecule has 2 heterocycles. The van der Waals surface area contributed by atoms with Gasteiger partial charge in [-0.3, -0.25) is 0 Å². The molecule has 4 rings (SSSR count). The van der Waals surface area contributed by atoms with Crippen LogP contribution in [0.3, 0.4) is 0 Å². The number of nitrogens with zero attached hydrogens (tertiary/aromatic N) is 2. The van der Waals surface area contributed by atoms with Crippen LogP contribution >= 0.6 is 22.7 Å². The van der Waals surface area contributed by atoms with E-state index >= 15 is 0 Å². The van der Waals surface area contributed by atoms with E-state index in [1.54, 1.807) is 29.8 Å². The third-order valence-electron chi connectivity index (χ3n) is 5.83. The normalized spacial score (nSPS) is 12.2. The minimum Gasteiger partial charge on any atom is -0.748 e. The number of aromatic nitrogens is 1. The number of anilines is 1. The Morgan fingerprint density at radius 2 is 1.85 bits per heavy atom. The summed E-state index contributed by atoms with van der Waals surface area (Å²) in [5.41, 5.74) is 3.33. The third-order valence-corrected chi connectivity index (χ3v) is 8.63. The van der Waals surface area contributed by atoms with Crippen LogP contribution in [-0.2, 0) is 16.7 Å². The quantitative estimate of drug-likeness (QED) is 0.209. The molecular formula is C25H28N2O4S3. The summed E-state index contributed by atoms with van der Waals surface area (Å²) in [6, 6.07) is 12.5. The van der Waals surface area contributed by atoms with Crippen molar-refractivity contribution in [2.24, 2.45) is 0 Å². The van der Waals surface area contributed by atoms with Gasteiger partial charge in [0.1, 0.15) is 15.1 Å². The summed E-state index contributed by atoms with van der Waals surface area (Å²) in [6.45, 7) is 6.67. The van der Waals surface area contributed by atoms with Crippen molar-refractivity contribution in [2.75, 3.05) is 30.9 Å². The number of thiazole rings is 1. The number of ether oxygens (including phenoxy) is 1. The van der Waals surface area contributed by atoms with Gasteiger partial charge in [0.15, 0.2) is 6.54 Å². The summed E-state index contributed by atoms with van der Waals surface area (Å²) < 4.78 is 43.5. The number of aryl methyl sites for hydroxylation is 1. The standard InChI is InChI=1S/C25H28N2O4S3/c1-4-26(5-2)19-10-7-18(8-11-19)9-12-23-27(14-6-16-34(28,29)30)24-22(33-23)17-21(31-3)20-13-15-32-25(20)24/h7-13,15,17H,4-6,14,16H2,1-3H3. The number of fused-ring (bicyclic) bond motifs is 3. The van der Waals surface area contributed by atoms with E-state index in [-0.39, 0.29) is 12.2 Å². The zero-order chi connectivity index (χ0) is 24.3. The lowest BCUT2D eigenvalue weighted by Crippen LogP contribution is -2.36. The number of benzene rings is 2. The molecule has 2 aromatic heterocycles. The second-order valence-electron chi connectivity index (χ2n) is 7.89. The first-order valence-corrected chi connectivity index (χ1v) is 14.5. The van der Waals surface area contributed by atoms with Gasteiger partial charge >= 0.3 is 0 Å². The molecule has 0 radical (unpaired) electrons. The minimum atomic E-state index is -4.26. The molecule has 0 spiro atoms. The van der Waals surface area contributed by atoms with E-state index in [0.717, 1.165) is 49.7 Å². The first-order chi connectivity index (χ1) is 16.3. The topological polar surface area (TPSA) is 73.5 Å². The van der Waals surface area contributed by atoms with E-state index in [9.17, 15) is 13.0 Å². The number of methoxy groups -OCH3 is 1. The number of hydrogen-bond acceptors (Lipinski definition) is 7. The van der Waals surface area contributed by atoms with Crippen LogP contribution in [0.1, 0.15) is 30.8 Å². The molecule has 0 amide bonds. The van der Waals surface area contributed by atoms with Crippen LogP contribution < -0.4 is 14.2 Å². The Morgan fingerprint density at radius 3 is 2.50 bits per heavy atom. The van der Waals surface area contributed by atoms with Crippen molar-refractivity contribution in [2.45, 2.75) is 26.8 Å². The SMILES string of the molecule is CCN(CC)c1ccc(C=Cc2sc3cc(OC)c4ccsc4c3[n+]2CCCS(=O)(=O)[O-])cc1. The fourth-order valence-corrected chi connectivity index (χ4v) is 6.79. The first kappa shape index (κ1) is 24.7. The Morgan fingerprint density at radius 1 is 1.12 bits per heavy atom. The summed E-state index contributed by atoms with van der Waals surface area (Å²) in [6.07, 6.45) is 4.40. The van der Waals surface area contributed by atoms with Crippen LogP contribution in [0.2, 0.25) is 0 Å². The van der Waals surface area contributed by atoms with Crippen LogP contribution in [0.15, 0.2) is 41.8 Å². The largest absolute Gasteiger partial charge is 0.748 e. The summed E-state index contributed by atoms with van der Waals surface area (Å²) in [4.78, 5) is 2.30. The zero-order valence-electron chi connectivity index (χ0n) is 19.5. The highest BCUT2D eigenvalue weighted by Crippen LogP contribution is 2.38. The highest BCUT2D eigenvalue weighted by Gasteiger charge is 2.24. The summed E-state index contributed by atoms with van der Waals surface area (Å²) in [5.74, 6) is 0.443. The third kappa shape index (κ3) is 5.27. The van der Waals surface area contributed by atoms with E-state index in [2.05, 4.69) is 59.7 Å². The number of hydrogen-bond donors (Lipinski definition) is 0. The molecule has 0 aliphatic carbocycles. The molecule has 0 atom stereocenters. The fourth-order valence-electron chi connectivity index (χ4n) is 4.14. The molecule has 0 bridgehead atoms. The van der Waals surface area contributed by atoms with Crippen LogP contribution in [-0.4, -0.2) is 38.9 Å². The Labute approximate surface area is 208 Å². The van der Waals surface area contributed by atoms with Gasteiger partial charge in [0.2, 0.25) is 5.52 Å². The molecule has 0 fully saturated rings. The lowest BCUT2D eigenvalue weighted by Gasteiger charge is -2.20. The monoisotopic (exact) mass is 516 g/mol. The van der Waals surface area contributed by atoms with Gasteiger partial charge in [0, 0.05) is 48.5 Å². The van der Waals surface area contributed by atoms with Crippen LogP contribution in [0, 0.1) is 0 Å². The van der Waals surface area contributed by atoms with Crippen LogP contribution in [0.5, 0.6) is 5.75 Å². The van der Waals surface area contributed by atoms with Crippen molar-refractivity contribution >= 4 is 70.9 Å². The Bertz CT molecular complexity index is 1420. The Kier molecular flexibility index (Phi) is 7.57. The van der Waals surface area contributed by atoms with Gasteiger partial charge in [-0.2, -0.15) is 4.57 Å². The molecule has 0 unspecified atom stereocenters. The second-order valence-corrected chi connectivity index (χ2v) is 11.4. The molecule has 34 heavy (non-hydrogen) atoms. The molecule has 4 aromatic rings. The van der Waals surface area contributed by atoms with Crippen molar-refractivity contribution in [1.82, 2.24) is 0 Å². The van der Waals surface area contributed by atoms with Gasteiger partial charge in [-0.15, -0.1) is 11.3 Å². The van der Waals surface area contributed by atoms with Gasteiger partial charge in [-0.25, -0.2) is 8.42 Å². The zero-order valence-corrected chi connectivity index (χ0v) is 21.9. The number of thiophene rings is 1. The molecule has 180 valence electrons. The number of rotatable bonds is 10. The van der Waals surface area contributed by atoms with Gasteiger partial charge in [-0.05, 0) is 49.1 Å². The van der Waals surface area contributed by atoms with E-state index in [1.807, 2.05) is 17.5 Å². The Hall–Kier alpha value is -2.46.